The van der Waals surface area contributed by atoms with Gasteiger partial charge in [0, 0.05) is 6.04 Å². The smallest absolute Gasteiger partial charge is 0.408 e. The minimum Gasteiger partial charge on any atom is -0.506 e. The van der Waals surface area contributed by atoms with Crippen molar-refractivity contribution in [2.45, 2.75) is 78.7 Å². The van der Waals surface area contributed by atoms with Crippen LogP contribution in [0.3, 0.4) is 0 Å². The fourth-order valence-corrected chi connectivity index (χ4v) is 3.85. The number of nitrogens with one attached hydrogen (secondary N) is 4. The van der Waals surface area contributed by atoms with Crippen molar-refractivity contribution in [3.63, 3.8) is 0 Å². The second-order valence-corrected chi connectivity index (χ2v) is 11.2. The van der Waals surface area contributed by atoms with Gasteiger partial charge in [0.25, 0.3) is 0 Å². The Hall–Kier alpha value is -4.28. The molecule has 41 heavy (non-hydrogen) atoms. The lowest BCUT2D eigenvalue weighted by Gasteiger charge is -2.25. The molecule has 4 amide bonds. The number of alkyl carbamates (subject to hydrolysis) is 2. The molecule has 5 N–H and O–H groups in total. The molecule has 0 aliphatic rings. The Kier molecular flexibility index (Phi) is 12.4. The summed E-state index contributed by atoms with van der Waals surface area (Å²) >= 11 is 0. The number of phenolic OH excluding ortho intramolecular Hbond substituents is 1. The van der Waals surface area contributed by atoms with Crippen LogP contribution < -0.4 is 21.3 Å². The zero-order valence-corrected chi connectivity index (χ0v) is 24.6. The second kappa shape index (κ2) is 15.5. The van der Waals surface area contributed by atoms with Crippen LogP contribution in [0.5, 0.6) is 5.75 Å². The molecular formula is C30H42N4O7. The summed E-state index contributed by atoms with van der Waals surface area (Å²) in [6.07, 6.45) is -0.139. The van der Waals surface area contributed by atoms with E-state index in [2.05, 4.69) is 21.3 Å². The van der Waals surface area contributed by atoms with E-state index >= 15 is 0 Å². The van der Waals surface area contributed by atoms with Crippen LogP contribution in [0, 0.1) is 5.92 Å². The number of rotatable bonds is 12. The first-order valence-electron chi connectivity index (χ1n) is 13.6. The fraction of sp³-hybridized carbons (Fsp3) is 0.467. The van der Waals surface area contributed by atoms with Crippen molar-refractivity contribution in [3.05, 3.63) is 59.7 Å². The lowest BCUT2D eigenvalue weighted by molar-refractivity contribution is -0.125. The van der Waals surface area contributed by atoms with Gasteiger partial charge < -0.3 is 35.8 Å². The van der Waals surface area contributed by atoms with E-state index in [1.807, 2.05) is 32.0 Å². The van der Waals surface area contributed by atoms with Gasteiger partial charge in [-0.2, -0.15) is 0 Å². The molecule has 0 saturated carbocycles. The Labute approximate surface area is 241 Å². The minimum absolute atomic E-state index is 0.0568. The summed E-state index contributed by atoms with van der Waals surface area (Å²) in [5, 5.41) is 20.6. The monoisotopic (exact) mass is 570 g/mol. The van der Waals surface area contributed by atoms with Crippen LogP contribution >= 0.6 is 0 Å². The lowest BCUT2D eigenvalue weighted by Crippen LogP contribution is -2.46. The summed E-state index contributed by atoms with van der Waals surface area (Å²) in [4.78, 5) is 49.2. The first-order chi connectivity index (χ1) is 19.2. The third-order valence-electron chi connectivity index (χ3n) is 5.66. The van der Waals surface area contributed by atoms with Gasteiger partial charge in [0.1, 0.15) is 24.0 Å². The third kappa shape index (κ3) is 13.1. The molecule has 0 fully saturated rings. The molecule has 2 atom stereocenters. The second-order valence-electron chi connectivity index (χ2n) is 11.2. The maximum Gasteiger partial charge on any atom is 0.408 e. The molecule has 0 heterocycles. The highest BCUT2D eigenvalue weighted by molar-refractivity contribution is 5.96. The van der Waals surface area contributed by atoms with Crippen LogP contribution in [0.25, 0.3) is 0 Å². The number of anilines is 1. The van der Waals surface area contributed by atoms with Crippen molar-refractivity contribution in [2.75, 3.05) is 11.9 Å². The highest BCUT2D eigenvalue weighted by Gasteiger charge is 2.21. The van der Waals surface area contributed by atoms with E-state index in [1.54, 1.807) is 45.0 Å². The summed E-state index contributed by atoms with van der Waals surface area (Å²) in [5.74, 6) is -1.00. The molecule has 224 valence electrons. The predicted octanol–water partition coefficient (Wildman–Crippen LogP) is 4.24. The van der Waals surface area contributed by atoms with Crippen LogP contribution in [0.1, 0.15) is 59.1 Å². The maximum atomic E-state index is 12.5. The number of benzene rings is 2. The topological polar surface area (TPSA) is 155 Å². The molecule has 0 spiro atoms. The van der Waals surface area contributed by atoms with Gasteiger partial charge in [-0.25, -0.2) is 9.59 Å². The summed E-state index contributed by atoms with van der Waals surface area (Å²) < 4.78 is 10.5. The van der Waals surface area contributed by atoms with Crippen molar-refractivity contribution in [1.29, 1.82) is 0 Å². The Morgan fingerprint density at radius 2 is 1.59 bits per heavy atom. The van der Waals surface area contributed by atoms with Gasteiger partial charge in [0.15, 0.2) is 0 Å². The van der Waals surface area contributed by atoms with Gasteiger partial charge in [0.2, 0.25) is 11.8 Å². The summed E-state index contributed by atoms with van der Waals surface area (Å²) in [6.45, 7) is 10.6. The molecule has 0 saturated heterocycles. The molecule has 11 nitrogen and oxygen atoms in total. The van der Waals surface area contributed by atoms with E-state index in [-0.39, 0.29) is 30.6 Å². The number of phenols is 1. The number of hydrogen-bond donors (Lipinski definition) is 5. The van der Waals surface area contributed by atoms with Gasteiger partial charge in [-0.05, 0) is 69.7 Å². The van der Waals surface area contributed by atoms with Crippen molar-refractivity contribution in [2.24, 2.45) is 5.92 Å². The molecule has 0 radical (unpaired) electrons. The molecular weight excluding hydrogens is 528 g/mol. The Morgan fingerprint density at radius 3 is 2.22 bits per heavy atom. The van der Waals surface area contributed by atoms with Crippen LogP contribution in [0.15, 0.2) is 48.5 Å². The van der Waals surface area contributed by atoms with Gasteiger partial charge in [0.05, 0.1) is 12.2 Å². The average Bonchev–Trinajstić information content (AvgIpc) is 2.87. The fourth-order valence-electron chi connectivity index (χ4n) is 3.85. The van der Waals surface area contributed by atoms with Crippen LogP contribution in [-0.4, -0.2) is 53.3 Å². The van der Waals surface area contributed by atoms with Crippen LogP contribution in [0.4, 0.5) is 15.3 Å². The first-order valence-corrected chi connectivity index (χ1v) is 13.6. The molecule has 2 aromatic carbocycles. The molecule has 11 heteroatoms. The first kappa shape index (κ1) is 32.9. The number of aromatic hydroxyl groups is 1. The normalized spacial score (nSPS) is 12.6. The molecule has 0 bridgehead atoms. The minimum atomic E-state index is -0.946. The average molecular weight is 571 g/mol. The third-order valence-corrected chi connectivity index (χ3v) is 5.66. The van der Waals surface area contributed by atoms with Gasteiger partial charge in [-0.1, -0.05) is 50.2 Å². The van der Waals surface area contributed by atoms with Gasteiger partial charge in [-0.3, -0.25) is 9.59 Å². The molecule has 0 aliphatic carbocycles. The Balaban J connectivity index is 1.89. The zero-order valence-electron chi connectivity index (χ0n) is 24.6. The zero-order chi connectivity index (χ0) is 30.6. The van der Waals surface area contributed by atoms with Crippen LogP contribution in [-0.2, 0) is 32.1 Å². The number of ether oxygens (including phenoxy) is 2. The Morgan fingerprint density at radius 1 is 0.902 bits per heavy atom. The van der Waals surface area contributed by atoms with Crippen LogP contribution in [0.2, 0.25) is 0 Å². The maximum absolute atomic E-state index is 12.5. The molecule has 1 unspecified atom stereocenters. The molecule has 2 aromatic rings. The van der Waals surface area contributed by atoms with Gasteiger partial charge >= 0.3 is 12.2 Å². The number of hydrogen-bond acceptors (Lipinski definition) is 7. The number of carbonyl (C=O) groups is 4. The van der Waals surface area contributed by atoms with Crippen molar-refractivity contribution in [3.8, 4) is 5.75 Å². The van der Waals surface area contributed by atoms with E-state index in [4.69, 9.17) is 9.47 Å². The molecule has 2 rings (SSSR count). The SMILES string of the molecule is CC(C)C[C@H](Cc1ccc(O)c(NC(=O)CNC(=O)C(C)NC(=O)OCc2ccccc2)c1)NC(=O)OC(C)(C)C. The summed E-state index contributed by atoms with van der Waals surface area (Å²) in [6, 6.07) is 12.7. The van der Waals surface area contributed by atoms with E-state index in [0.29, 0.717) is 18.8 Å². The van der Waals surface area contributed by atoms with Crippen molar-refractivity contribution < 1.29 is 33.8 Å². The van der Waals surface area contributed by atoms with E-state index in [9.17, 15) is 24.3 Å². The van der Waals surface area contributed by atoms with Gasteiger partial charge in [-0.15, -0.1) is 0 Å². The van der Waals surface area contributed by atoms with E-state index in [0.717, 1.165) is 11.1 Å². The summed E-state index contributed by atoms with van der Waals surface area (Å²) in [5.41, 5.74) is 1.12. The van der Waals surface area contributed by atoms with Crippen molar-refractivity contribution >= 4 is 29.7 Å². The summed E-state index contributed by atoms with van der Waals surface area (Å²) in [7, 11) is 0. The largest absolute Gasteiger partial charge is 0.506 e. The molecule has 0 aromatic heterocycles. The van der Waals surface area contributed by atoms with E-state index in [1.165, 1.54) is 13.0 Å². The quantitative estimate of drug-likeness (QED) is 0.239. The highest BCUT2D eigenvalue weighted by atomic mass is 16.6. The van der Waals surface area contributed by atoms with Crippen molar-refractivity contribution in [1.82, 2.24) is 16.0 Å². The molecule has 0 aliphatic heterocycles. The standard InChI is InChI=1S/C30H42N4O7/c1-19(2)14-23(33-29(39)41-30(4,5)6)15-22-12-13-25(35)24(16-22)34-26(36)17-31-27(37)20(3)32-28(38)40-18-21-10-8-7-9-11-21/h7-13,16,19-20,23,35H,14-15,17-18H2,1-6H3,(H,31,37)(H,32,38)(H,33,39)(H,34,36)/t20?,23-/m1/s1. The Bertz CT molecular complexity index is 1180. The highest BCUT2D eigenvalue weighted by Crippen LogP contribution is 2.25. The number of carbonyl (C=O) groups excluding carboxylic acids is 4. The lowest BCUT2D eigenvalue weighted by atomic mass is 9.97. The number of amides is 4. The predicted molar refractivity (Wildman–Crippen MR) is 155 cm³/mol. The van der Waals surface area contributed by atoms with E-state index < -0.39 is 35.6 Å².